The molecule has 1 atom stereocenters. The second-order valence-electron chi connectivity index (χ2n) is 7.07. The minimum absolute atomic E-state index is 0.126. The van der Waals surface area contributed by atoms with Crippen LogP contribution >= 0.6 is 0 Å². The first-order valence-corrected chi connectivity index (χ1v) is 9.15. The van der Waals surface area contributed by atoms with E-state index in [1.165, 1.54) is 38.6 Å². The van der Waals surface area contributed by atoms with E-state index in [0.29, 0.717) is 6.61 Å². The van der Waals surface area contributed by atoms with Gasteiger partial charge in [-0.2, -0.15) is 0 Å². The molecule has 3 rings (SSSR count). The van der Waals surface area contributed by atoms with Crippen LogP contribution < -0.4 is 5.32 Å². The number of amides is 1. The first-order chi connectivity index (χ1) is 10.8. The molecule has 22 heavy (non-hydrogen) atoms. The molecule has 0 aromatic carbocycles. The van der Waals surface area contributed by atoms with E-state index in [9.17, 15) is 4.79 Å². The first-order valence-electron chi connectivity index (χ1n) is 9.15. The van der Waals surface area contributed by atoms with Crippen molar-refractivity contribution in [3.8, 4) is 0 Å². The van der Waals surface area contributed by atoms with Crippen molar-refractivity contribution in [3.63, 3.8) is 0 Å². The summed E-state index contributed by atoms with van der Waals surface area (Å²) in [6, 6.07) is -0.126. The summed E-state index contributed by atoms with van der Waals surface area (Å²) in [5.41, 5.74) is 0. The van der Waals surface area contributed by atoms with E-state index in [0.717, 1.165) is 51.7 Å². The maximum Gasteiger partial charge on any atom is 0.242 e. The Bertz CT molecular complexity index is 352. The van der Waals surface area contributed by atoms with Gasteiger partial charge in [0.15, 0.2) is 0 Å². The summed E-state index contributed by atoms with van der Waals surface area (Å²) in [7, 11) is 0. The minimum atomic E-state index is -0.126. The lowest BCUT2D eigenvalue weighted by molar-refractivity contribution is -0.136. The standard InChI is InChI=1S/C17H31N3O2/c21-17(16-14-22-12-7-18-16)20-9-4-8-19(10-11-20)13-15-5-2-1-3-6-15/h15-16,18H,1-14H2. The van der Waals surface area contributed by atoms with Crippen molar-refractivity contribution in [2.75, 3.05) is 52.5 Å². The number of hydrogen-bond acceptors (Lipinski definition) is 4. The number of morpholine rings is 1. The second-order valence-corrected chi connectivity index (χ2v) is 7.07. The van der Waals surface area contributed by atoms with Gasteiger partial charge in [-0.1, -0.05) is 19.3 Å². The van der Waals surface area contributed by atoms with Gasteiger partial charge in [0.25, 0.3) is 0 Å². The van der Waals surface area contributed by atoms with Crippen molar-refractivity contribution in [2.45, 2.75) is 44.6 Å². The smallest absolute Gasteiger partial charge is 0.242 e. The zero-order valence-corrected chi connectivity index (χ0v) is 13.8. The Kier molecular flexibility index (Phi) is 6.10. The lowest BCUT2D eigenvalue weighted by atomic mass is 9.89. The van der Waals surface area contributed by atoms with Crippen molar-refractivity contribution in [1.29, 1.82) is 0 Å². The van der Waals surface area contributed by atoms with Crippen LogP contribution in [0.3, 0.4) is 0 Å². The van der Waals surface area contributed by atoms with E-state index in [2.05, 4.69) is 10.2 Å². The first kappa shape index (κ1) is 16.2. The fraction of sp³-hybridized carbons (Fsp3) is 0.941. The molecule has 1 saturated carbocycles. The highest BCUT2D eigenvalue weighted by Gasteiger charge is 2.28. The zero-order valence-electron chi connectivity index (χ0n) is 13.8. The number of carbonyl (C=O) groups is 1. The van der Waals surface area contributed by atoms with Crippen LogP contribution in [0.15, 0.2) is 0 Å². The zero-order chi connectivity index (χ0) is 15.2. The molecule has 0 radical (unpaired) electrons. The van der Waals surface area contributed by atoms with E-state index in [-0.39, 0.29) is 11.9 Å². The van der Waals surface area contributed by atoms with Crippen LogP contribution in [0.5, 0.6) is 0 Å². The van der Waals surface area contributed by atoms with Gasteiger partial charge < -0.3 is 19.9 Å². The average Bonchev–Trinajstić information content (AvgIpc) is 2.82. The maximum absolute atomic E-state index is 12.6. The molecule has 1 amide bonds. The molecule has 5 heteroatoms. The Morgan fingerprint density at radius 2 is 1.91 bits per heavy atom. The quantitative estimate of drug-likeness (QED) is 0.848. The SMILES string of the molecule is O=C(C1COCCN1)N1CCCN(CC2CCCCC2)CC1. The van der Waals surface area contributed by atoms with Gasteiger partial charge in [-0.25, -0.2) is 0 Å². The molecule has 3 fully saturated rings. The highest BCUT2D eigenvalue weighted by atomic mass is 16.5. The normalized spacial score (nSPS) is 29.3. The third-order valence-electron chi connectivity index (χ3n) is 5.36. The molecular weight excluding hydrogens is 278 g/mol. The largest absolute Gasteiger partial charge is 0.378 e. The molecule has 0 aromatic rings. The molecular formula is C17H31N3O2. The summed E-state index contributed by atoms with van der Waals surface area (Å²) in [6.07, 6.45) is 8.17. The minimum Gasteiger partial charge on any atom is -0.378 e. The number of hydrogen-bond donors (Lipinski definition) is 1. The van der Waals surface area contributed by atoms with Gasteiger partial charge in [0, 0.05) is 32.7 Å². The molecule has 1 aliphatic carbocycles. The third-order valence-corrected chi connectivity index (χ3v) is 5.36. The molecule has 2 heterocycles. The Labute approximate surface area is 134 Å². The van der Waals surface area contributed by atoms with Crippen LogP contribution in [-0.2, 0) is 9.53 Å². The molecule has 126 valence electrons. The summed E-state index contributed by atoms with van der Waals surface area (Å²) >= 11 is 0. The summed E-state index contributed by atoms with van der Waals surface area (Å²) in [6.45, 7) is 7.25. The Hall–Kier alpha value is -0.650. The molecule has 1 unspecified atom stereocenters. The van der Waals surface area contributed by atoms with Gasteiger partial charge in [-0.3, -0.25) is 4.79 Å². The number of ether oxygens (including phenoxy) is 1. The molecule has 0 aromatic heterocycles. The highest BCUT2D eigenvalue weighted by molar-refractivity contribution is 5.82. The Morgan fingerprint density at radius 3 is 2.68 bits per heavy atom. The lowest BCUT2D eigenvalue weighted by Gasteiger charge is -2.30. The molecule has 5 nitrogen and oxygen atoms in total. The number of nitrogens with one attached hydrogen (secondary N) is 1. The van der Waals surface area contributed by atoms with E-state index in [1.54, 1.807) is 0 Å². The number of carbonyl (C=O) groups excluding carboxylic acids is 1. The predicted molar refractivity (Wildman–Crippen MR) is 86.8 cm³/mol. The van der Waals surface area contributed by atoms with Gasteiger partial charge in [-0.05, 0) is 31.7 Å². The fourth-order valence-corrected chi connectivity index (χ4v) is 4.05. The monoisotopic (exact) mass is 309 g/mol. The van der Waals surface area contributed by atoms with Crippen molar-refractivity contribution in [2.24, 2.45) is 5.92 Å². The highest BCUT2D eigenvalue weighted by Crippen LogP contribution is 2.24. The Morgan fingerprint density at radius 1 is 1.05 bits per heavy atom. The fourth-order valence-electron chi connectivity index (χ4n) is 4.05. The third kappa shape index (κ3) is 4.43. The maximum atomic E-state index is 12.6. The van der Waals surface area contributed by atoms with Gasteiger partial charge in [0.1, 0.15) is 6.04 Å². The van der Waals surface area contributed by atoms with Gasteiger partial charge in [0.2, 0.25) is 5.91 Å². The van der Waals surface area contributed by atoms with E-state index >= 15 is 0 Å². The Balaban J connectivity index is 1.45. The van der Waals surface area contributed by atoms with Gasteiger partial charge in [0.05, 0.1) is 13.2 Å². The molecule has 0 bridgehead atoms. The summed E-state index contributed by atoms with van der Waals surface area (Å²) < 4.78 is 5.43. The van der Waals surface area contributed by atoms with Gasteiger partial charge in [-0.15, -0.1) is 0 Å². The van der Waals surface area contributed by atoms with Crippen LogP contribution in [0.1, 0.15) is 38.5 Å². The van der Waals surface area contributed by atoms with Crippen molar-refractivity contribution < 1.29 is 9.53 Å². The topological polar surface area (TPSA) is 44.8 Å². The summed E-state index contributed by atoms with van der Waals surface area (Å²) in [4.78, 5) is 17.2. The molecule has 2 saturated heterocycles. The van der Waals surface area contributed by atoms with Crippen LogP contribution in [0, 0.1) is 5.92 Å². The number of rotatable bonds is 3. The average molecular weight is 309 g/mol. The van der Waals surface area contributed by atoms with E-state index in [1.807, 2.05) is 4.90 Å². The van der Waals surface area contributed by atoms with Crippen molar-refractivity contribution >= 4 is 5.91 Å². The predicted octanol–water partition coefficient (Wildman–Crippen LogP) is 1.09. The molecule has 1 N–H and O–H groups in total. The van der Waals surface area contributed by atoms with Crippen LogP contribution in [0.4, 0.5) is 0 Å². The summed E-state index contributed by atoms with van der Waals surface area (Å²) in [5.74, 6) is 1.13. The van der Waals surface area contributed by atoms with Crippen LogP contribution in [0.25, 0.3) is 0 Å². The van der Waals surface area contributed by atoms with E-state index < -0.39 is 0 Å². The van der Waals surface area contributed by atoms with Crippen LogP contribution in [0.2, 0.25) is 0 Å². The second kappa shape index (κ2) is 8.27. The van der Waals surface area contributed by atoms with Crippen LogP contribution in [-0.4, -0.2) is 74.2 Å². The van der Waals surface area contributed by atoms with Crippen molar-refractivity contribution in [1.82, 2.24) is 15.1 Å². The molecule has 3 aliphatic rings. The number of nitrogens with zero attached hydrogens (tertiary/aromatic N) is 2. The molecule has 0 spiro atoms. The lowest BCUT2D eigenvalue weighted by Crippen LogP contribution is -2.53. The molecule has 2 aliphatic heterocycles. The van der Waals surface area contributed by atoms with Crippen molar-refractivity contribution in [3.05, 3.63) is 0 Å². The summed E-state index contributed by atoms with van der Waals surface area (Å²) in [5, 5.41) is 3.28. The van der Waals surface area contributed by atoms with E-state index in [4.69, 9.17) is 4.74 Å². The van der Waals surface area contributed by atoms with Gasteiger partial charge >= 0.3 is 0 Å².